The molecule has 1 unspecified atom stereocenters. The number of rotatable bonds is 7. The molecule has 9 heteroatoms. The number of anilines is 1. The van der Waals surface area contributed by atoms with Gasteiger partial charge in [0.15, 0.2) is 5.69 Å². The van der Waals surface area contributed by atoms with Crippen molar-refractivity contribution in [2.24, 2.45) is 7.05 Å². The zero-order valence-corrected chi connectivity index (χ0v) is 18.2. The van der Waals surface area contributed by atoms with Gasteiger partial charge in [0, 0.05) is 13.0 Å². The van der Waals surface area contributed by atoms with Crippen molar-refractivity contribution in [3.8, 4) is 11.1 Å². The average molecular weight is 448 g/mol. The average Bonchev–Trinajstić information content (AvgIpc) is 3.33. The molecule has 1 heterocycles. The third-order valence-electron chi connectivity index (χ3n) is 5.76. The van der Waals surface area contributed by atoms with Gasteiger partial charge in [-0.2, -0.15) is 5.10 Å². The summed E-state index contributed by atoms with van der Waals surface area (Å²) in [6.45, 7) is 1.86. The molecule has 0 radical (unpaired) electrons. The van der Waals surface area contributed by atoms with Gasteiger partial charge in [-0.3, -0.25) is 9.48 Å². The lowest BCUT2D eigenvalue weighted by atomic mass is 9.98. The monoisotopic (exact) mass is 448 g/mol. The summed E-state index contributed by atoms with van der Waals surface area (Å²) < 4.78 is 6.65. The fourth-order valence-electron chi connectivity index (χ4n) is 4.14. The Hall–Kier alpha value is -4.14. The van der Waals surface area contributed by atoms with Crippen LogP contribution in [0.5, 0.6) is 0 Å². The normalized spacial score (nSPS) is 13.0. The van der Waals surface area contributed by atoms with E-state index in [9.17, 15) is 19.5 Å². The number of hydrogen-bond donors (Lipinski definition) is 3. The van der Waals surface area contributed by atoms with Gasteiger partial charge in [-0.25, -0.2) is 9.59 Å². The van der Waals surface area contributed by atoms with Crippen LogP contribution in [0.2, 0.25) is 0 Å². The van der Waals surface area contributed by atoms with Crippen molar-refractivity contribution in [2.75, 3.05) is 11.9 Å². The van der Waals surface area contributed by atoms with Gasteiger partial charge < -0.3 is 20.5 Å². The predicted octanol–water partition coefficient (Wildman–Crippen LogP) is 3.37. The molecule has 0 spiro atoms. The highest BCUT2D eigenvalue weighted by Crippen LogP contribution is 2.44. The Morgan fingerprint density at radius 1 is 1.09 bits per heavy atom. The van der Waals surface area contributed by atoms with E-state index in [1.165, 1.54) is 13.2 Å². The second-order valence-electron chi connectivity index (χ2n) is 7.76. The topological polar surface area (TPSA) is 123 Å². The summed E-state index contributed by atoms with van der Waals surface area (Å²) in [5.41, 5.74) is 4.34. The van der Waals surface area contributed by atoms with Crippen LogP contribution in [0.15, 0.2) is 54.7 Å². The standard InChI is InChI=1S/C24H24N4O5/c1-3-19(22(29)26-20-12-25-28(2)21(20)23(30)31)27-24(32)33-13-18-16-10-6-4-8-14(16)15-9-5-7-11-17(15)18/h4-12,18-19H,3,13H2,1-2H3,(H,26,29)(H,27,32)(H,30,31). The van der Waals surface area contributed by atoms with Gasteiger partial charge in [-0.15, -0.1) is 0 Å². The summed E-state index contributed by atoms with van der Waals surface area (Å²) in [6.07, 6.45) is 0.823. The Morgan fingerprint density at radius 3 is 2.27 bits per heavy atom. The van der Waals surface area contributed by atoms with Gasteiger partial charge in [0.05, 0.1) is 11.9 Å². The molecule has 3 N–H and O–H groups in total. The highest BCUT2D eigenvalue weighted by atomic mass is 16.5. The van der Waals surface area contributed by atoms with E-state index in [1.807, 2.05) is 36.4 Å². The number of aryl methyl sites for hydroxylation is 1. The third-order valence-corrected chi connectivity index (χ3v) is 5.76. The highest BCUT2D eigenvalue weighted by molar-refractivity contribution is 6.01. The van der Waals surface area contributed by atoms with Crippen molar-refractivity contribution in [3.63, 3.8) is 0 Å². The highest BCUT2D eigenvalue weighted by Gasteiger charge is 2.30. The number of nitrogens with zero attached hydrogens (tertiary/aromatic N) is 2. The maximum absolute atomic E-state index is 12.6. The molecule has 1 aromatic heterocycles. The summed E-state index contributed by atoms with van der Waals surface area (Å²) in [6, 6.07) is 15.1. The number of hydrogen-bond acceptors (Lipinski definition) is 5. The number of carbonyl (C=O) groups is 3. The summed E-state index contributed by atoms with van der Waals surface area (Å²) in [7, 11) is 1.46. The number of fused-ring (bicyclic) bond motifs is 3. The molecule has 170 valence electrons. The smallest absolute Gasteiger partial charge is 0.407 e. The van der Waals surface area contributed by atoms with E-state index < -0.39 is 24.0 Å². The summed E-state index contributed by atoms with van der Waals surface area (Å²) in [4.78, 5) is 36.5. The Morgan fingerprint density at radius 2 is 1.70 bits per heavy atom. The summed E-state index contributed by atoms with van der Waals surface area (Å²) >= 11 is 0. The van der Waals surface area contributed by atoms with Gasteiger partial charge in [-0.1, -0.05) is 55.5 Å². The minimum Gasteiger partial charge on any atom is -0.476 e. The van der Waals surface area contributed by atoms with Crippen LogP contribution in [-0.2, 0) is 16.6 Å². The molecule has 1 aliphatic rings. The number of carbonyl (C=O) groups excluding carboxylic acids is 2. The number of ether oxygens (including phenoxy) is 1. The van der Waals surface area contributed by atoms with Crippen LogP contribution in [0, 0.1) is 0 Å². The van der Waals surface area contributed by atoms with Crippen molar-refractivity contribution in [1.29, 1.82) is 0 Å². The van der Waals surface area contributed by atoms with Gasteiger partial charge in [0.2, 0.25) is 5.91 Å². The van der Waals surface area contributed by atoms with Gasteiger partial charge in [-0.05, 0) is 28.7 Å². The van der Waals surface area contributed by atoms with Gasteiger partial charge in [0.1, 0.15) is 12.6 Å². The molecule has 1 atom stereocenters. The lowest BCUT2D eigenvalue weighted by molar-refractivity contribution is -0.118. The molecular weight excluding hydrogens is 424 g/mol. The quantitative estimate of drug-likeness (QED) is 0.509. The van der Waals surface area contributed by atoms with Crippen LogP contribution in [-0.4, -0.2) is 45.5 Å². The first-order valence-corrected chi connectivity index (χ1v) is 10.6. The molecule has 1 aliphatic carbocycles. The van der Waals surface area contributed by atoms with Crippen molar-refractivity contribution in [1.82, 2.24) is 15.1 Å². The molecule has 2 amide bonds. The van der Waals surface area contributed by atoms with E-state index in [1.54, 1.807) is 6.92 Å². The van der Waals surface area contributed by atoms with Gasteiger partial charge >= 0.3 is 12.1 Å². The van der Waals surface area contributed by atoms with Crippen molar-refractivity contribution < 1.29 is 24.2 Å². The molecule has 3 aromatic rings. The van der Waals surface area contributed by atoms with E-state index in [2.05, 4.69) is 27.9 Å². The van der Waals surface area contributed by atoms with Crippen LogP contribution < -0.4 is 10.6 Å². The largest absolute Gasteiger partial charge is 0.476 e. The molecule has 0 fully saturated rings. The summed E-state index contributed by atoms with van der Waals surface area (Å²) in [5, 5.41) is 18.2. The molecular formula is C24H24N4O5. The van der Waals surface area contributed by atoms with Crippen LogP contribution in [0.3, 0.4) is 0 Å². The maximum Gasteiger partial charge on any atom is 0.407 e. The van der Waals surface area contributed by atoms with Crippen molar-refractivity contribution >= 4 is 23.7 Å². The molecule has 0 saturated carbocycles. The number of benzene rings is 2. The Balaban J connectivity index is 1.40. The fourth-order valence-corrected chi connectivity index (χ4v) is 4.14. The van der Waals surface area contributed by atoms with E-state index in [0.29, 0.717) is 6.42 Å². The van der Waals surface area contributed by atoms with Crippen molar-refractivity contribution in [3.05, 3.63) is 71.5 Å². The number of carboxylic acid groups (broad SMARTS) is 1. The second-order valence-corrected chi connectivity index (χ2v) is 7.76. The number of amides is 2. The van der Waals surface area contributed by atoms with Crippen LogP contribution in [0.4, 0.5) is 10.5 Å². The third kappa shape index (κ3) is 4.30. The number of alkyl carbamates (subject to hydrolysis) is 1. The van der Waals surface area contributed by atoms with E-state index in [4.69, 9.17) is 4.74 Å². The number of nitrogens with one attached hydrogen (secondary N) is 2. The molecule has 0 saturated heterocycles. The number of aromatic nitrogens is 2. The lowest BCUT2D eigenvalue weighted by Gasteiger charge is -2.18. The van der Waals surface area contributed by atoms with Crippen LogP contribution >= 0.6 is 0 Å². The van der Waals surface area contributed by atoms with E-state index in [0.717, 1.165) is 26.9 Å². The Kier molecular flexibility index (Phi) is 6.12. The Labute approximate surface area is 190 Å². The van der Waals surface area contributed by atoms with Crippen molar-refractivity contribution in [2.45, 2.75) is 25.3 Å². The molecule has 9 nitrogen and oxygen atoms in total. The van der Waals surface area contributed by atoms with E-state index in [-0.39, 0.29) is 23.9 Å². The maximum atomic E-state index is 12.6. The zero-order valence-electron chi connectivity index (χ0n) is 18.2. The minimum absolute atomic E-state index is 0.0581. The SMILES string of the molecule is CCC(NC(=O)OCC1c2ccccc2-c2ccccc21)C(=O)Nc1cnn(C)c1C(=O)O. The predicted molar refractivity (Wildman–Crippen MR) is 121 cm³/mol. The number of carboxylic acids is 1. The lowest BCUT2D eigenvalue weighted by Crippen LogP contribution is -2.44. The first-order valence-electron chi connectivity index (χ1n) is 10.6. The van der Waals surface area contributed by atoms with Crippen LogP contribution in [0.1, 0.15) is 40.9 Å². The Bertz CT molecular complexity index is 1170. The van der Waals surface area contributed by atoms with E-state index >= 15 is 0 Å². The summed E-state index contributed by atoms with van der Waals surface area (Å²) in [5.74, 6) is -1.87. The fraction of sp³-hybridized carbons (Fsp3) is 0.250. The molecule has 0 aliphatic heterocycles. The minimum atomic E-state index is -1.22. The molecule has 4 rings (SSSR count). The zero-order chi connectivity index (χ0) is 23.5. The molecule has 0 bridgehead atoms. The number of aromatic carboxylic acids is 1. The first-order chi connectivity index (χ1) is 15.9. The molecule has 33 heavy (non-hydrogen) atoms. The second kappa shape index (κ2) is 9.15. The first kappa shape index (κ1) is 22.1. The van der Waals surface area contributed by atoms with Gasteiger partial charge in [0.25, 0.3) is 0 Å². The molecule has 2 aromatic carbocycles. The van der Waals surface area contributed by atoms with Crippen LogP contribution in [0.25, 0.3) is 11.1 Å².